The van der Waals surface area contributed by atoms with Gasteiger partial charge in [0.25, 0.3) is 0 Å². The molecule has 0 spiro atoms. The molecule has 0 N–H and O–H groups in total. The van der Waals surface area contributed by atoms with Crippen LogP contribution in [-0.4, -0.2) is 0 Å². The number of rotatable bonds is 2. The van der Waals surface area contributed by atoms with Crippen LogP contribution in [-0.2, 0) is 0 Å². The minimum atomic E-state index is -0.306. The maximum atomic E-state index is 12.5. The van der Waals surface area contributed by atoms with Gasteiger partial charge < -0.3 is 0 Å². The molecule has 3 heteroatoms. The molecule has 0 atom stereocenters. The highest BCUT2D eigenvalue weighted by Crippen LogP contribution is 2.16. The summed E-state index contributed by atoms with van der Waals surface area (Å²) < 4.78 is 24.7. The van der Waals surface area contributed by atoms with E-state index in [9.17, 15) is 8.78 Å². The van der Waals surface area contributed by atoms with Gasteiger partial charge >= 0.3 is 0 Å². The monoisotopic (exact) mass is 316 g/mol. The molecule has 0 aliphatic heterocycles. The van der Waals surface area contributed by atoms with Gasteiger partial charge in [0.05, 0.1) is 0 Å². The zero-order valence-corrected chi connectivity index (χ0v) is 14.7. The zero-order valence-electron chi connectivity index (χ0n) is 13.9. The molecule has 0 unspecified atom stereocenters. The summed E-state index contributed by atoms with van der Waals surface area (Å²) in [5, 5.41) is 0.481. The van der Waals surface area contributed by atoms with Crippen molar-refractivity contribution in [2.45, 2.75) is 41.5 Å². The molecule has 1 aromatic rings. The molecule has 0 saturated heterocycles. The lowest BCUT2D eigenvalue weighted by Crippen LogP contribution is -1.80. The average Bonchev–Trinajstić information content (AvgIpc) is 2.49. The number of hydrogen-bond donors (Lipinski definition) is 0. The molecule has 21 heavy (non-hydrogen) atoms. The van der Waals surface area contributed by atoms with Crippen LogP contribution in [0.4, 0.5) is 8.78 Å². The van der Waals surface area contributed by atoms with Gasteiger partial charge in [-0.1, -0.05) is 64.6 Å². The molecule has 0 radical (unpaired) electrons. The molecule has 0 nitrogen and oxygen atoms in total. The fourth-order valence-electron chi connectivity index (χ4n) is 0.827. The first-order valence-corrected chi connectivity index (χ1v) is 7.32. The first kappa shape index (κ1) is 24.6. The molecule has 0 saturated carbocycles. The van der Waals surface area contributed by atoms with E-state index in [0.29, 0.717) is 16.2 Å². The highest BCUT2D eigenvalue weighted by molar-refractivity contribution is 6.31. The van der Waals surface area contributed by atoms with Crippen molar-refractivity contribution < 1.29 is 8.78 Å². The fraction of sp³-hybridized carbons (Fsp3) is 0.333. The van der Waals surface area contributed by atoms with Crippen LogP contribution in [0.15, 0.2) is 54.9 Å². The Balaban J connectivity index is -0.000000251. The third kappa shape index (κ3) is 13.3. The lowest BCUT2D eigenvalue weighted by molar-refractivity contribution is 0.618. The van der Waals surface area contributed by atoms with Crippen LogP contribution in [0.25, 0.3) is 0 Å². The van der Waals surface area contributed by atoms with E-state index in [1.165, 1.54) is 18.2 Å². The highest BCUT2D eigenvalue weighted by Gasteiger charge is 1.97. The Morgan fingerprint density at radius 2 is 1.67 bits per heavy atom. The summed E-state index contributed by atoms with van der Waals surface area (Å²) >= 11 is 5.57. The van der Waals surface area contributed by atoms with Crippen LogP contribution in [0.2, 0.25) is 5.02 Å². The first-order valence-electron chi connectivity index (χ1n) is 6.94. The Morgan fingerprint density at radius 1 is 1.19 bits per heavy atom. The van der Waals surface area contributed by atoms with Gasteiger partial charge in [-0.25, -0.2) is 8.78 Å². The summed E-state index contributed by atoms with van der Waals surface area (Å²) in [6, 6.07) is 4.64. The minimum absolute atomic E-state index is 0.248. The molecule has 120 valence electrons. The van der Waals surface area contributed by atoms with E-state index in [-0.39, 0.29) is 11.6 Å². The summed E-state index contributed by atoms with van der Waals surface area (Å²) in [5.41, 5.74) is 0.948. The number of allylic oxidation sites excluding steroid dienone is 4. The average molecular weight is 317 g/mol. The second-order valence-corrected chi connectivity index (χ2v) is 3.78. The van der Waals surface area contributed by atoms with Crippen LogP contribution in [0.1, 0.15) is 40.2 Å². The number of benzene rings is 1. The molecular weight excluding hydrogens is 290 g/mol. The lowest BCUT2D eigenvalue weighted by Gasteiger charge is -1.95. The van der Waals surface area contributed by atoms with Gasteiger partial charge in [0, 0.05) is 10.6 Å². The maximum absolute atomic E-state index is 12.5. The molecule has 0 bridgehead atoms. The van der Waals surface area contributed by atoms with Crippen LogP contribution in [0.3, 0.4) is 0 Å². The second kappa shape index (κ2) is 16.6. The summed E-state index contributed by atoms with van der Waals surface area (Å²) in [5.74, 6) is -0.553. The van der Waals surface area contributed by atoms with Gasteiger partial charge in [-0.3, -0.25) is 0 Å². The van der Waals surface area contributed by atoms with E-state index in [4.69, 9.17) is 11.6 Å². The van der Waals surface area contributed by atoms with Crippen LogP contribution in [0, 0.1) is 12.7 Å². The molecule has 0 aliphatic carbocycles. The minimum Gasteiger partial charge on any atom is -0.207 e. The van der Waals surface area contributed by atoms with Gasteiger partial charge in [-0.15, -0.1) is 0 Å². The SMILES string of the molecule is C=C/C=C(/F)C(=C)C.CC.CC.Cc1c(F)cccc1Cl. The molecule has 1 rings (SSSR count). The zero-order chi connectivity index (χ0) is 17.4. The molecule has 1 aromatic carbocycles. The molecule has 0 aliphatic rings. The number of halogens is 3. The van der Waals surface area contributed by atoms with Crippen molar-refractivity contribution in [3.8, 4) is 0 Å². The Bertz CT molecular complexity index is 415. The Labute approximate surface area is 133 Å². The summed E-state index contributed by atoms with van der Waals surface area (Å²) in [6.45, 7) is 18.0. The lowest BCUT2D eigenvalue weighted by atomic mass is 10.2. The molecular formula is C18H27ClF2. The van der Waals surface area contributed by atoms with E-state index in [1.807, 2.05) is 27.7 Å². The van der Waals surface area contributed by atoms with Crippen molar-refractivity contribution in [1.29, 1.82) is 0 Å². The maximum Gasteiger partial charge on any atom is 0.127 e. The van der Waals surface area contributed by atoms with Crippen molar-refractivity contribution in [3.63, 3.8) is 0 Å². The van der Waals surface area contributed by atoms with E-state index in [2.05, 4.69) is 13.2 Å². The first-order chi connectivity index (χ1) is 9.90. The molecule has 0 fully saturated rings. The highest BCUT2D eigenvalue weighted by atomic mass is 35.5. The van der Waals surface area contributed by atoms with E-state index >= 15 is 0 Å². The Morgan fingerprint density at radius 3 is 1.90 bits per heavy atom. The Kier molecular flexibility index (Phi) is 19.5. The third-order valence-corrected chi connectivity index (χ3v) is 2.28. The Hall–Kier alpha value is -1.41. The summed E-state index contributed by atoms with van der Waals surface area (Å²) in [4.78, 5) is 0. The van der Waals surface area contributed by atoms with Gasteiger partial charge in [0.1, 0.15) is 11.6 Å². The van der Waals surface area contributed by atoms with E-state index < -0.39 is 0 Å². The van der Waals surface area contributed by atoms with Crippen molar-refractivity contribution in [2.75, 3.05) is 0 Å². The predicted octanol–water partition coefficient (Wildman–Crippen LogP) is 7.44. The molecule has 0 aromatic heterocycles. The van der Waals surface area contributed by atoms with Crippen molar-refractivity contribution in [2.24, 2.45) is 0 Å². The standard InChI is InChI=1S/C7H6ClF.C7H9F.2C2H6/c1-5-6(8)3-2-4-7(5)9;1-4-5-7(8)6(2)3;2*1-2/h2-4H,1H3;4-5H,1-2H2,3H3;2*1-2H3/b;7-5+;;. The van der Waals surface area contributed by atoms with Crippen LogP contribution in [0.5, 0.6) is 0 Å². The van der Waals surface area contributed by atoms with Crippen LogP contribution < -0.4 is 0 Å². The molecule has 0 amide bonds. The van der Waals surface area contributed by atoms with E-state index in [0.717, 1.165) is 0 Å². The van der Waals surface area contributed by atoms with Crippen molar-refractivity contribution >= 4 is 11.6 Å². The van der Waals surface area contributed by atoms with Gasteiger partial charge in [-0.05, 0) is 37.6 Å². The van der Waals surface area contributed by atoms with Crippen molar-refractivity contribution in [1.82, 2.24) is 0 Å². The normalized spacial score (nSPS) is 8.90. The van der Waals surface area contributed by atoms with E-state index in [1.54, 1.807) is 26.0 Å². The number of hydrogen-bond acceptors (Lipinski definition) is 0. The quantitative estimate of drug-likeness (QED) is 0.497. The molecule has 0 heterocycles. The fourth-order valence-corrected chi connectivity index (χ4v) is 0.990. The van der Waals surface area contributed by atoms with Crippen LogP contribution >= 0.6 is 11.6 Å². The topological polar surface area (TPSA) is 0 Å². The van der Waals surface area contributed by atoms with Gasteiger partial charge in [0.2, 0.25) is 0 Å². The smallest absolute Gasteiger partial charge is 0.127 e. The third-order valence-electron chi connectivity index (χ3n) is 1.87. The second-order valence-electron chi connectivity index (χ2n) is 3.38. The largest absolute Gasteiger partial charge is 0.207 e. The van der Waals surface area contributed by atoms with Gasteiger partial charge in [0.15, 0.2) is 0 Å². The van der Waals surface area contributed by atoms with Gasteiger partial charge in [-0.2, -0.15) is 0 Å². The van der Waals surface area contributed by atoms with Crippen molar-refractivity contribution in [3.05, 3.63) is 71.3 Å². The summed E-state index contributed by atoms with van der Waals surface area (Å²) in [6.07, 6.45) is 2.67. The predicted molar refractivity (Wildman–Crippen MR) is 93.0 cm³/mol. The summed E-state index contributed by atoms with van der Waals surface area (Å²) in [7, 11) is 0.